The highest BCUT2D eigenvalue weighted by molar-refractivity contribution is 5.92. The first-order chi connectivity index (χ1) is 12.1. The standard InChI is InChI=1S/C19H32N4O2/c1-16(2)23-9-6-17(21-23)18(24)20-14-19(7-4-3-5-8-19)15-22-10-12-25-13-11-22/h6,9,16H,3-5,7-8,10-15H2,1-2H3,(H,20,24). The van der Waals surface area contributed by atoms with Gasteiger partial charge in [0.15, 0.2) is 0 Å². The van der Waals surface area contributed by atoms with Crippen molar-refractivity contribution in [2.24, 2.45) is 5.41 Å². The van der Waals surface area contributed by atoms with E-state index in [1.54, 1.807) is 0 Å². The van der Waals surface area contributed by atoms with Gasteiger partial charge in [0, 0.05) is 43.8 Å². The number of aromatic nitrogens is 2. The Morgan fingerprint density at radius 2 is 2.00 bits per heavy atom. The van der Waals surface area contributed by atoms with Crippen molar-refractivity contribution in [3.05, 3.63) is 18.0 Å². The number of hydrogen-bond donors (Lipinski definition) is 1. The van der Waals surface area contributed by atoms with Crippen molar-refractivity contribution in [3.8, 4) is 0 Å². The van der Waals surface area contributed by atoms with Crippen LogP contribution in [-0.2, 0) is 4.74 Å². The Morgan fingerprint density at radius 1 is 1.28 bits per heavy atom. The number of hydrogen-bond acceptors (Lipinski definition) is 4. The van der Waals surface area contributed by atoms with Crippen LogP contribution >= 0.6 is 0 Å². The maximum Gasteiger partial charge on any atom is 0.271 e. The summed E-state index contributed by atoms with van der Waals surface area (Å²) >= 11 is 0. The van der Waals surface area contributed by atoms with Gasteiger partial charge < -0.3 is 10.1 Å². The van der Waals surface area contributed by atoms with Crippen LogP contribution in [0.5, 0.6) is 0 Å². The minimum Gasteiger partial charge on any atom is -0.379 e. The van der Waals surface area contributed by atoms with E-state index in [0.29, 0.717) is 5.69 Å². The molecule has 0 spiro atoms. The third-order valence-electron chi connectivity index (χ3n) is 5.57. The molecular formula is C19H32N4O2. The molecule has 1 aliphatic carbocycles. The Bertz CT molecular complexity index is 558. The highest BCUT2D eigenvalue weighted by atomic mass is 16.5. The Kier molecular flexibility index (Phi) is 6.12. The Hall–Kier alpha value is -1.40. The van der Waals surface area contributed by atoms with Gasteiger partial charge in [0.05, 0.1) is 13.2 Å². The van der Waals surface area contributed by atoms with E-state index in [0.717, 1.165) is 39.4 Å². The van der Waals surface area contributed by atoms with Crippen molar-refractivity contribution in [2.45, 2.75) is 52.0 Å². The zero-order valence-corrected chi connectivity index (χ0v) is 15.7. The molecule has 140 valence electrons. The normalized spacial score (nSPS) is 21.4. The van der Waals surface area contributed by atoms with Gasteiger partial charge in [-0.05, 0) is 32.8 Å². The smallest absolute Gasteiger partial charge is 0.271 e. The molecule has 0 atom stereocenters. The molecule has 0 radical (unpaired) electrons. The van der Waals surface area contributed by atoms with E-state index >= 15 is 0 Å². The van der Waals surface area contributed by atoms with Crippen LogP contribution in [0.3, 0.4) is 0 Å². The summed E-state index contributed by atoms with van der Waals surface area (Å²) in [7, 11) is 0. The van der Waals surface area contributed by atoms with E-state index in [4.69, 9.17) is 4.74 Å². The zero-order chi connectivity index (χ0) is 17.7. The predicted molar refractivity (Wildman–Crippen MR) is 97.7 cm³/mol. The van der Waals surface area contributed by atoms with Crippen molar-refractivity contribution >= 4 is 5.91 Å². The second kappa shape index (κ2) is 8.32. The van der Waals surface area contributed by atoms with Crippen LogP contribution in [0.25, 0.3) is 0 Å². The quantitative estimate of drug-likeness (QED) is 0.858. The molecule has 1 aromatic heterocycles. The molecule has 25 heavy (non-hydrogen) atoms. The molecule has 0 unspecified atom stereocenters. The number of rotatable bonds is 6. The second-order valence-electron chi connectivity index (χ2n) is 7.91. The van der Waals surface area contributed by atoms with Crippen molar-refractivity contribution in [3.63, 3.8) is 0 Å². The highest BCUT2D eigenvalue weighted by Crippen LogP contribution is 2.36. The Morgan fingerprint density at radius 3 is 2.64 bits per heavy atom. The number of carbonyl (C=O) groups excluding carboxylic acids is 1. The lowest BCUT2D eigenvalue weighted by Gasteiger charge is -2.42. The minimum absolute atomic E-state index is 0.0497. The summed E-state index contributed by atoms with van der Waals surface area (Å²) in [6, 6.07) is 2.08. The lowest BCUT2D eigenvalue weighted by molar-refractivity contribution is 0.00727. The van der Waals surface area contributed by atoms with Gasteiger partial charge in [-0.25, -0.2) is 0 Å². The van der Waals surface area contributed by atoms with Crippen LogP contribution in [-0.4, -0.2) is 60.0 Å². The summed E-state index contributed by atoms with van der Waals surface area (Å²) in [6.45, 7) is 9.62. The van der Waals surface area contributed by atoms with Gasteiger partial charge >= 0.3 is 0 Å². The van der Waals surface area contributed by atoms with Gasteiger partial charge in [-0.3, -0.25) is 14.4 Å². The van der Waals surface area contributed by atoms with Crippen LogP contribution in [0.4, 0.5) is 0 Å². The number of morpholine rings is 1. The molecule has 6 nitrogen and oxygen atoms in total. The van der Waals surface area contributed by atoms with E-state index in [9.17, 15) is 4.79 Å². The molecule has 2 heterocycles. The highest BCUT2D eigenvalue weighted by Gasteiger charge is 2.35. The average molecular weight is 348 g/mol. The van der Waals surface area contributed by atoms with E-state index < -0.39 is 0 Å². The molecule has 2 fully saturated rings. The van der Waals surface area contributed by atoms with Crippen LogP contribution in [0.15, 0.2) is 12.3 Å². The van der Waals surface area contributed by atoms with Crippen molar-refractivity contribution in [1.82, 2.24) is 20.0 Å². The fourth-order valence-electron chi connectivity index (χ4n) is 4.03. The van der Waals surface area contributed by atoms with Crippen LogP contribution in [0, 0.1) is 5.41 Å². The maximum atomic E-state index is 12.5. The summed E-state index contributed by atoms with van der Waals surface area (Å²) in [5.74, 6) is -0.0497. The summed E-state index contributed by atoms with van der Waals surface area (Å²) in [5, 5.41) is 7.57. The summed E-state index contributed by atoms with van der Waals surface area (Å²) in [5.41, 5.74) is 0.720. The van der Waals surface area contributed by atoms with Crippen molar-refractivity contribution < 1.29 is 9.53 Å². The molecule has 0 aromatic carbocycles. The summed E-state index contributed by atoms with van der Waals surface area (Å²) in [6.07, 6.45) is 8.13. The van der Waals surface area contributed by atoms with Gasteiger partial charge in [0.25, 0.3) is 5.91 Å². The third kappa shape index (κ3) is 4.82. The number of carbonyl (C=O) groups is 1. The van der Waals surface area contributed by atoms with Gasteiger partial charge in [0.1, 0.15) is 5.69 Å². The number of nitrogens with one attached hydrogen (secondary N) is 1. The molecule has 1 saturated heterocycles. The molecular weight excluding hydrogens is 316 g/mol. The van der Waals surface area contributed by atoms with Gasteiger partial charge in [-0.2, -0.15) is 5.10 Å². The summed E-state index contributed by atoms with van der Waals surface area (Å²) < 4.78 is 7.31. The van der Waals surface area contributed by atoms with Crippen molar-refractivity contribution in [1.29, 1.82) is 0 Å². The molecule has 1 aromatic rings. The largest absolute Gasteiger partial charge is 0.379 e. The van der Waals surface area contributed by atoms with Crippen LogP contribution < -0.4 is 5.32 Å². The van der Waals surface area contributed by atoms with Crippen LogP contribution in [0.1, 0.15) is 62.5 Å². The first kappa shape index (κ1) is 18.4. The molecule has 3 rings (SSSR count). The lowest BCUT2D eigenvalue weighted by atomic mass is 9.73. The average Bonchev–Trinajstić information content (AvgIpc) is 3.12. The number of nitrogens with zero attached hydrogens (tertiary/aromatic N) is 3. The Labute approximate surface area is 150 Å². The zero-order valence-electron chi connectivity index (χ0n) is 15.7. The maximum absolute atomic E-state index is 12.5. The van der Waals surface area contributed by atoms with Crippen LogP contribution in [0.2, 0.25) is 0 Å². The van der Waals surface area contributed by atoms with E-state index in [1.165, 1.54) is 32.1 Å². The fraction of sp³-hybridized carbons (Fsp3) is 0.789. The van der Waals surface area contributed by atoms with E-state index in [-0.39, 0.29) is 17.4 Å². The third-order valence-corrected chi connectivity index (χ3v) is 5.57. The molecule has 1 saturated carbocycles. The molecule has 1 N–H and O–H groups in total. The molecule has 1 aliphatic heterocycles. The van der Waals surface area contributed by atoms with Crippen molar-refractivity contribution in [2.75, 3.05) is 39.4 Å². The van der Waals surface area contributed by atoms with E-state index in [2.05, 4.69) is 29.2 Å². The first-order valence-corrected chi connectivity index (χ1v) is 9.71. The molecule has 1 amide bonds. The van der Waals surface area contributed by atoms with Gasteiger partial charge in [-0.15, -0.1) is 0 Å². The topological polar surface area (TPSA) is 59.4 Å². The number of amides is 1. The second-order valence-corrected chi connectivity index (χ2v) is 7.91. The van der Waals surface area contributed by atoms with E-state index in [1.807, 2.05) is 16.9 Å². The van der Waals surface area contributed by atoms with Gasteiger partial charge in [0.2, 0.25) is 0 Å². The fourth-order valence-corrected chi connectivity index (χ4v) is 4.03. The minimum atomic E-state index is -0.0497. The Balaban J connectivity index is 1.60. The SMILES string of the molecule is CC(C)n1ccc(C(=O)NCC2(CN3CCOCC3)CCCCC2)n1. The monoisotopic (exact) mass is 348 g/mol. The summed E-state index contributed by atoms with van der Waals surface area (Å²) in [4.78, 5) is 15.0. The molecule has 6 heteroatoms. The molecule has 0 bridgehead atoms. The van der Waals surface area contributed by atoms with Gasteiger partial charge in [-0.1, -0.05) is 19.3 Å². The predicted octanol–water partition coefficient (Wildman–Crippen LogP) is 2.48. The molecule has 2 aliphatic rings. The first-order valence-electron chi connectivity index (χ1n) is 9.71. The lowest BCUT2D eigenvalue weighted by Crippen LogP contribution is -2.49. The number of ether oxygens (including phenoxy) is 1.